The van der Waals surface area contributed by atoms with Gasteiger partial charge in [0.05, 0.1) is 6.54 Å². The lowest BCUT2D eigenvalue weighted by Crippen LogP contribution is -2.46. The number of urea groups is 1. The summed E-state index contributed by atoms with van der Waals surface area (Å²) in [4.78, 5) is 32.9. The Hall–Kier alpha value is -2.58. The minimum Gasteiger partial charge on any atom is -0.480 e. The number of hydrogen-bond acceptors (Lipinski definition) is 5. The van der Waals surface area contributed by atoms with Crippen LogP contribution in [-0.4, -0.2) is 34.2 Å². The van der Waals surface area contributed by atoms with Gasteiger partial charge in [0.15, 0.2) is 0 Å². The zero-order chi connectivity index (χ0) is 14.3. The first-order valence-electron chi connectivity index (χ1n) is 5.43. The number of primary amides is 1. The third kappa shape index (κ3) is 5.52. The lowest BCUT2D eigenvalue weighted by Gasteiger charge is -2.13. The molecule has 1 atom stereocenters. The van der Waals surface area contributed by atoms with Crippen LogP contribution in [0.4, 0.5) is 4.79 Å². The Bertz CT molecular complexity index is 445. The van der Waals surface area contributed by atoms with Gasteiger partial charge >= 0.3 is 12.0 Å². The van der Waals surface area contributed by atoms with Crippen LogP contribution in [0.1, 0.15) is 18.5 Å². The monoisotopic (exact) mass is 270 g/mol. The highest BCUT2D eigenvalue weighted by molar-refractivity contribution is 5.83. The van der Waals surface area contributed by atoms with Crippen LogP contribution in [0.15, 0.2) is 16.9 Å². The number of amides is 3. The number of carbonyl (C=O) groups is 3. The molecular weight excluding hydrogens is 256 g/mol. The van der Waals surface area contributed by atoms with Gasteiger partial charge in [0.1, 0.15) is 18.0 Å². The molecular formula is C10H14N4O5. The SMILES string of the molecule is NC(=O)CC[C@H](NC(=O)NCc1ccon1)C(=O)O. The number of aliphatic carboxylic acids is 1. The molecule has 1 aromatic rings. The van der Waals surface area contributed by atoms with E-state index in [2.05, 4.69) is 20.3 Å². The second-order valence-electron chi connectivity index (χ2n) is 3.71. The van der Waals surface area contributed by atoms with Gasteiger partial charge in [-0.2, -0.15) is 0 Å². The highest BCUT2D eigenvalue weighted by Crippen LogP contribution is 1.98. The van der Waals surface area contributed by atoms with Crippen molar-refractivity contribution in [3.8, 4) is 0 Å². The van der Waals surface area contributed by atoms with E-state index in [1.54, 1.807) is 6.07 Å². The average molecular weight is 270 g/mol. The summed E-state index contributed by atoms with van der Waals surface area (Å²) in [5, 5.41) is 17.1. The summed E-state index contributed by atoms with van der Waals surface area (Å²) in [5.41, 5.74) is 5.41. The fourth-order valence-corrected chi connectivity index (χ4v) is 1.25. The summed E-state index contributed by atoms with van der Waals surface area (Å²) in [6.45, 7) is 0.102. The Balaban J connectivity index is 2.38. The van der Waals surface area contributed by atoms with Crippen molar-refractivity contribution in [1.29, 1.82) is 0 Å². The zero-order valence-electron chi connectivity index (χ0n) is 9.96. The second kappa shape index (κ2) is 6.99. The number of nitrogens with zero attached hydrogens (tertiary/aromatic N) is 1. The standard InChI is InChI=1S/C10H14N4O5/c11-8(15)2-1-7(9(16)17)13-10(18)12-5-6-3-4-19-14-6/h3-4,7H,1-2,5H2,(H2,11,15)(H,16,17)(H2,12,13,18)/t7-/m0/s1. The van der Waals surface area contributed by atoms with Gasteiger partial charge in [-0.3, -0.25) is 4.79 Å². The van der Waals surface area contributed by atoms with E-state index in [1.165, 1.54) is 6.26 Å². The molecule has 5 N–H and O–H groups in total. The van der Waals surface area contributed by atoms with E-state index in [-0.39, 0.29) is 19.4 Å². The molecule has 0 bridgehead atoms. The molecule has 0 unspecified atom stereocenters. The van der Waals surface area contributed by atoms with Gasteiger partial charge < -0.3 is 26.0 Å². The van der Waals surface area contributed by atoms with Crippen molar-refractivity contribution in [2.75, 3.05) is 0 Å². The number of nitrogens with one attached hydrogen (secondary N) is 2. The highest BCUT2D eigenvalue weighted by atomic mass is 16.5. The Kier molecular flexibility index (Phi) is 5.33. The van der Waals surface area contributed by atoms with Crippen LogP contribution < -0.4 is 16.4 Å². The van der Waals surface area contributed by atoms with Crippen molar-refractivity contribution in [2.45, 2.75) is 25.4 Å². The van der Waals surface area contributed by atoms with Gasteiger partial charge in [0.25, 0.3) is 0 Å². The number of carbonyl (C=O) groups excluding carboxylic acids is 2. The van der Waals surface area contributed by atoms with Crippen molar-refractivity contribution < 1.29 is 24.0 Å². The number of carboxylic acids is 1. The Morgan fingerprint density at radius 2 is 2.21 bits per heavy atom. The third-order valence-electron chi connectivity index (χ3n) is 2.20. The van der Waals surface area contributed by atoms with Crippen LogP contribution in [0.2, 0.25) is 0 Å². The van der Waals surface area contributed by atoms with E-state index in [0.717, 1.165) is 0 Å². The zero-order valence-corrected chi connectivity index (χ0v) is 9.96. The van der Waals surface area contributed by atoms with Gasteiger partial charge in [0.2, 0.25) is 5.91 Å². The Labute approximate surface area is 108 Å². The molecule has 0 aliphatic heterocycles. The van der Waals surface area contributed by atoms with E-state index in [0.29, 0.717) is 5.69 Å². The topological polar surface area (TPSA) is 148 Å². The van der Waals surface area contributed by atoms with Crippen LogP contribution >= 0.6 is 0 Å². The van der Waals surface area contributed by atoms with Crippen LogP contribution in [0.5, 0.6) is 0 Å². The van der Waals surface area contributed by atoms with Crippen LogP contribution in [-0.2, 0) is 16.1 Å². The Morgan fingerprint density at radius 3 is 2.74 bits per heavy atom. The van der Waals surface area contributed by atoms with Crippen molar-refractivity contribution >= 4 is 17.9 Å². The predicted octanol–water partition coefficient (Wildman–Crippen LogP) is -0.807. The van der Waals surface area contributed by atoms with Crippen molar-refractivity contribution in [3.05, 3.63) is 18.0 Å². The predicted molar refractivity (Wildman–Crippen MR) is 61.7 cm³/mol. The van der Waals surface area contributed by atoms with E-state index in [1.807, 2.05) is 0 Å². The molecule has 1 rings (SSSR count). The maximum absolute atomic E-state index is 11.4. The molecule has 0 saturated heterocycles. The Morgan fingerprint density at radius 1 is 1.47 bits per heavy atom. The maximum Gasteiger partial charge on any atom is 0.326 e. The van der Waals surface area contributed by atoms with E-state index in [9.17, 15) is 14.4 Å². The lowest BCUT2D eigenvalue weighted by molar-refractivity contribution is -0.139. The van der Waals surface area contributed by atoms with E-state index >= 15 is 0 Å². The molecule has 9 nitrogen and oxygen atoms in total. The van der Waals surface area contributed by atoms with E-state index in [4.69, 9.17) is 10.8 Å². The molecule has 0 radical (unpaired) electrons. The molecule has 0 fully saturated rings. The van der Waals surface area contributed by atoms with Gasteiger partial charge in [-0.05, 0) is 6.42 Å². The third-order valence-corrected chi connectivity index (χ3v) is 2.20. The molecule has 1 heterocycles. The first kappa shape index (κ1) is 14.5. The number of carboxylic acid groups (broad SMARTS) is 1. The van der Waals surface area contributed by atoms with Crippen LogP contribution in [0, 0.1) is 0 Å². The van der Waals surface area contributed by atoms with Gasteiger partial charge in [-0.15, -0.1) is 0 Å². The normalized spacial score (nSPS) is 11.6. The first-order chi connectivity index (χ1) is 8.99. The molecule has 0 aromatic carbocycles. The highest BCUT2D eigenvalue weighted by Gasteiger charge is 2.20. The summed E-state index contributed by atoms with van der Waals surface area (Å²) < 4.78 is 4.56. The summed E-state index contributed by atoms with van der Waals surface area (Å²) in [6.07, 6.45) is 1.16. The van der Waals surface area contributed by atoms with Crippen LogP contribution in [0.25, 0.3) is 0 Å². The molecule has 104 valence electrons. The number of rotatable bonds is 7. The molecule has 0 aliphatic rings. The van der Waals surface area contributed by atoms with Crippen molar-refractivity contribution in [2.24, 2.45) is 5.73 Å². The molecule has 0 saturated carbocycles. The van der Waals surface area contributed by atoms with Gasteiger partial charge in [0, 0.05) is 12.5 Å². The minimum atomic E-state index is -1.24. The summed E-state index contributed by atoms with van der Waals surface area (Å²) in [7, 11) is 0. The first-order valence-corrected chi connectivity index (χ1v) is 5.43. The smallest absolute Gasteiger partial charge is 0.326 e. The number of nitrogens with two attached hydrogens (primary N) is 1. The summed E-state index contributed by atoms with van der Waals surface area (Å²) in [5.74, 6) is -1.87. The molecule has 19 heavy (non-hydrogen) atoms. The summed E-state index contributed by atoms with van der Waals surface area (Å²) >= 11 is 0. The maximum atomic E-state index is 11.4. The lowest BCUT2D eigenvalue weighted by atomic mass is 10.1. The molecule has 9 heteroatoms. The largest absolute Gasteiger partial charge is 0.480 e. The summed E-state index contributed by atoms with van der Waals surface area (Å²) in [6, 6.07) is -0.299. The number of aromatic nitrogens is 1. The minimum absolute atomic E-state index is 0.0674. The van der Waals surface area contributed by atoms with Gasteiger partial charge in [-0.25, -0.2) is 9.59 Å². The molecule has 0 spiro atoms. The van der Waals surface area contributed by atoms with Crippen molar-refractivity contribution in [3.63, 3.8) is 0 Å². The average Bonchev–Trinajstić information content (AvgIpc) is 2.84. The van der Waals surface area contributed by atoms with Gasteiger partial charge in [-0.1, -0.05) is 5.16 Å². The second-order valence-corrected chi connectivity index (χ2v) is 3.71. The van der Waals surface area contributed by atoms with Crippen LogP contribution in [0.3, 0.4) is 0 Å². The molecule has 1 aromatic heterocycles. The fourth-order valence-electron chi connectivity index (χ4n) is 1.25. The molecule has 3 amide bonds. The van der Waals surface area contributed by atoms with E-state index < -0.39 is 23.9 Å². The van der Waals surface area contributed by atoms with Crippen molar-refractivity contribution in [1.82, 2.24) is 15.8 Å². The number of hydrogen-bond donors (Lipinski definition) is 4. The quantitative estimate of drug-likeness (QED) is 0.509. The fraction of sp³-hybridized carbons (Fsp3) is 0.400. The molecule has 0 aliphatic carbocycles.